The maximum Gasteiger partial charge on any atom is 0.242 e. The molecule has 3 rings (SSSR count). The number of carbonyl (C=O) groups excluding carboxylic acids is 1. The minimum Gasteiger partial charge on any atom is -0.299 e. The lowest BCUT2D eigenvalue weighted by atomic mass is 9.99. The van der Waals surface area contributed by atoms with E-state index in [1.54, 1.807) is 12.1 Å². The summed E-state index contributed by atoms with van der Waals surface area (Å²) in [7, 11) is -6.83. The summed E-state index contributed by atoms with van der Waals surface area (Å²) in [5, 5.41) is 0. The van der Waals surface area contributed by atoms with Crippen LogP contribution in [0.25, 0.3) is 0 Å². The number of amides is 1. The lowest BCUT2D eigenvalue weighted by Crippen LogP contribution is -2.47. The molecule has 162 valence electrons. The smallest absolute Gasteiger partial charge is 0.242 e. The van der Waals surface area contributed by atoms with E-state index in [2.05, 4.69) is 15.6 Å². The van der Waals surface area contributed by atoms with Gasteiger partial charge in [0.25, 0.3) is 0 Å². The number of rotatable bonds is 9. The van der Waals surface area contributed by atoms with Crippen molar-refractivity contribution in [2.75, 3.05) is 24.3 Å². The molecule has 0 bridgehead atoms. The molecule has 3 N–H and O–H groups in total. The molecule has 1 aliphatic heterocycles. The molecule has 29 heavy (non-hydrogen) atoms. The molecule has 0 radical (unpaired) electrons. The predicted octanol–water partition coefficient (Wildman–Crippen LogP) is 1.02. The molecule has 1 atom stereocenters. The molecule has 0 spiro atoms. The molecule has 2 fully saturated rings. The van der Waals surface area contributed by atoms with Gasteiger partial charge in [0.05, 0.1) is 22.3 Å². The minimum absolute atomic E-state index is 0.0355. The summed E-state index contributed by atoms with van der Waals surface area (Å²) in [5.41, 5.74) is 5.90. The van der Waals surface area contributed by atoms with E-state index in [1.165, 1.54) is 16.4 Å². The Labute approximate surface area is 172 Å². The van der Waals surface area contributed by atoms with Gasteiger partial charge in [0.1, 0.15) is 0 Å². The fraction of sp³-hybridized carbons (Fsp3) is 0.611. The Balaban J connectivity index is 1.53. The number of anilines is 1. The number of hydrogen-bond donors (Lipinski definition) is 3. The lowest BCUT2D eigenvalue weighted by molar-refractivity contribution is -0.125. The number of hydrazine groups is 1. The highest BCUT2D eigenvalue weighted by molar-refractivity contribution is 7.89. The van der Waals surface area contributed by atoms with Crippen molar-refractivity contribution in [2.24, 2.45) is 5.92 Å². The van der Waals surface area contributed by atoms with Gasteiger partial charge in [0, 0.05) is 19.1 Å². The van der Waals surface area contributed by atoms with Crippen LogP contribution in [-0.4, -0.2) is 51.9 Å². The molecule has 1 amide bonds. The first kappa shape index (κ1) is 22.0. The molecule has 1 saturated heterocycles. The van der Waals surface area contributed by atoms with Crippen molar-refractivity contribution in [3.8, 4) is 0 Å². The average Bonchev–Trinajstić information content (AvgIpc) is 3.50. The zero-order valence-electron chi connectivity index (χ0n) is 16.4. The summed E-state index contributed by atoms with van der Waals surface area (Å²) >= 11 is 0. The van der Waals surface area contributed by atoms with Crippen LogP contribution in [-0.2, 0) is 24.8 Å². The maximum absolute atomic E-state index is 12.5. The van der Waals surface area contributed by atoms with Crippen LogP contribution in [0.2, 0.25) is 0 Å². The fourth-order valence-corrected chi connectivity index (χ4v) is 6.13. The van der Waals surface area contributed by atoms with Crippen LogP contribution < -0.4 is 15.6 Å². The van der Waals surface area contributed by atoms with E-state index in [0.717, 1.165) is 12.8 Å². The van der Waals surface area contributed by atoms with Gasteiger partial charge in [-0.2, -0.15) is 0 Å². The Morgan fingerprint density at radius 2 is 1.79 bits per heavy atom. The number of carbonyl (C=O) groups is 1. The Morgan fingerprint density at radius 3 is 2.41 bits per heavy atom. The molecule has 11 heteroatoms. The van der Waals surface area contributed by atoms with E-state index in [9.17, 15) is 21.6 Å². The second kappa shape index (κ2) is 8.99. The van der Waals surface area contributed by atoms with Crippen molar-refractivity contribution in [1.29, 1.82) is 0 Å². The first-order valence-electron chi connectivity index (χ1n) is 9.87. The molecular formula is C18H28N4O5S2. The van der Waals surface area contributed by atoms with E-state index in [1.807, 2.05) is 6.92 Å². The largest absolute Gasteiger partial charge is 0.299 e. The zero-order valence-corrected chi connectivity index (χ0v) is 18.1. The number of sulfonamides is 2. The van der Waals surface area contributed by atoms with Crippen LogP contribution in [0.15, 0.2) is 29.2 Å². The topological polar surface area (TPSA) is 125 Å². The minimum atomic E-state index is -3.51. The van der Waals surface area contributed by atoms with Crippen molar-refractivity contribution < 1.29 is 21.6 Å². The van der Waals surface area contributed by atoms with Gasteiger partial charge in [-0.1, -0.05) is 6.92 Å². The lowest BCUT2D eigenvalue weighted by Gasteiger charge is -2.31. The van der Waals surface area contributed by atoms with Crippen molar-refractivity contribution in [3.63, 3.8) is 0 Å². The number of nitrogens with zero attached hydrogens (tertiary/aromatic N) is 1. The third-order valence-corrected chi connectivity index (χ3v) is 8.58. The third kappa shape index (κ3) is 5.91. The molecule has 1 saturated carbocycles. The van der Waals surface area contributed by atoms with Crippen molar-refractivity contribution in [3.05, 3.63) is 24.3 Å². The summed E-state index contributed by atoms with van der Waals surface area (Å²) < 4.78 is 52.8. The predicted molar refractivity (Wildman–Crippen MR) is 110 cm³/mol. The Kier molecular flexibility index (Phi) is 6.82. The highest BCUT2D eigenvalue weighted by Gasteiger charge is 2.32. The summed E-state index contributed by atoms with van der Waals surface area (Å²) in [4.78, 5) is 12.6. The maximum atomic E-state index is 12.5. The van der Waals surface area contributed by atoms with Crippen molar-refractivity contribution in [1.82, 2.24) is 14.5 Å². The monoisotopic (exact) mass is 444 g/mol. The second-order valence-electron chi connectivity index (χ2n) is 7.55. The van der Waals surface area contributed by atoms with Crippen LogP contribution in [0.3, 0.4) is 0 Å². The highest BCUT2D eigenvalue weighted by atomic mass is 32.2. The summed E-state index contributed by atoms with van der Waals surface area (Å²) in [5.74, 6) is -0.622. The third-order valence-electron chi connectivity index (χ3n) is 5.00. The first-order chi connectivity index (χ1) is 13.7. The summed E-state index contributed by atoms with van der Waals surface area (Å²) in [6.07, 6.45) is 3.53. The van der Waals surface area contributed by atoms with Gasteiger partial charge in [0.15, 0.2) is 0 Å². The molecular weight excluding hydrogens is 416 g/mol. The number of piperidine rings is 1. The SMILES string of the molecule is CCCS(=O)(=O)N1CCCC(C(=O)NNc2ccc(S(=O)(=O)NC3CC3)cc2)C1. The van der Waals surface area contributed by atoms with Gasteiger partial charge in [0.2, 0.25) is 26.0 Å². The molecule has 0 aromatic heterocycles. The number of benzene rings is 1. The molecule has 1 heterocycles. The number of hydrogen-bond acceptors (Lipinski definition) is 6. The number of nitrogens with one attached hydrogen (secondary N) is 3. The van der Waals surface area contributed by atoms with Crippen molar-refractivity contribution in [2.45, 2.75) is 50.0 Å². The quantitative estimate of drug-likeness (QED) is 0.489. The van der Waals surface area contributed by atoms with Gasteiger partial charge >= 0.3 is 0 Å². The molecule has 1 aromatic carbocycles. The van der Waals surface area contributed by atoms with E-state index in [-0.39, 0.29) is 29.1 Å². The summed E-state index contributed by atoms with van der Waals surface area (Å²) in [6, 6.07) is 6.12. The van der Waals surface area contributed by atoms with Gasteiger partial charge in [-0.3, -0.25) is 15.6 Å². The van der Waals surface area contributed by atoms with E-state index >= 15 is 0 Å². The Morgan fingerprint density at radius 1 is 1.10 bits per heavy atom. The van der Waals surface area contributed by atoms with Crippen LogP contribution >= 0.6 is 0 Å². The Bertz CT molecular complexity index is 928. The van der Waals surface area contributed by atoms with Gasteiger partial charge in [-0.05, 0) is 56.4 Å². The van der Waals surface area contributed by atoms with Crippen molar-refractivity contribution >= 4 is 31.6 Å². The van der Waals surface area contributed by atoms with Crippen LogP contribution in [0.1, 0.15) is 39.0 Å². The molecule has 1 aromatic rings. The summed E-state index contributed by atoms with van der Waals surface area (Å²) in [6.45, 7) is 2.44. The van der Waals surface area contributed by atoms with Crippen LogP contribution in [0, 0.1) is 5.92 Å². The fourth-order valence-electron chi connectivity index (χ4n) is 3.24. The van der Waals surface area contributed by atoms with Gasteiger partial charge in [-0.25, -0.2) is 25.9 Å². The molecule has 1 unspecified atom stereocenters. The zero-order chi connectivity index (χ0) is 21.1. The average molecular weight is 445 g/mol. The standard InChI is InChI=1S/C18H28N4O5S2/c1-2-12-28(24,25)22-11-3-4-14(13-22)18(23)20-19-15-7-9-17(10-8-15)29(26,27)21-16-5-6-16/h7-10,14,16,19,21H,2-6,11-13H2,1H3,(H,20,23). The normalized spacial score (nSPS) is 20.9. The molecule has 1 aliphatic carbocycles. The van der Waals surface area contributed by atoms with Crippen LogP contribution in [0.5, 0.6) is 0 Å². The first-order valence-corrected chi connectivity index (χ1v) is 13.0. The molecule has 9 nitrogen and oxygen atoms in total. The molecule has 2 aliphatic rings. The van der Waals surface area contributed by atoms with Crippen LogP contribution in [0.4, 0.5) is 5.69 Å². The van der Waals surface area contributed by atoms with E-state index in [4.69, 9.17) is 0 Å². The van der Waals surface area contributed by atoms with Gasteiger partial charge in [-0.15, -0.1) is 0 Å². The van der Waals surface area contributed by atoms with E-state index < -0.39 is 26.0 Å². The Hall–Kier alpha value is -1.69. The van der Waals surface area contributed by atoms with E-state index in [0.29, 0.717) is 31.5 Å². The van der Waals surface area contributed by atoms with Gasteiger partial charge < -0.3 is 0 Å². The second-order valence-corrected chi connectivity index (χ2v) is 11.3. The highest BCUT2D eigenvalue weighted by Crippen LogP contribution is 2.23.